The molecule has 1 amide bonds. The summed E-state index contributed by atoms with van der Waals surface area (Å²) in [6.45, 7) is 12.0. The molecule has 0 aliphatic carbocycles. The highest BCUT2D eigenvalue weighted by Crippen LogP contribution is 2.28. The van der Waals surface area contributed by atoms with Gasteiger partial charge in [0.05, 0.1) is 10.9 Å². The molecule has 154 valence electrons. The molecule has 0 atom stereocenters. The summed E-state index contributed by atoms with van der Waals surface area (Å²) in [5.74, 6) is -0.498. The summed E-state index contributed by atoms with van der Waals surface area (Å²) in [6, 6.07) is 1.59. The molecule has 3 rings (SSSR count). The predicted octanol–water partition coefficient (Wildman–Crippen LogP) is 2.63. The molecule has 3 aromatic heterocycles. The van der Waals surface area contributed by atoms with Crippen molar-refractivity contribution in [1.29, 1.82) is 0 Å². The Kier molecular flexibility index (Phi) is 5.40. The van der Waals surface area contributed by atoms with Crippen LogP contribution in [0.15, 0.2) is 15.7 Å². The molecule has 3 aromatic rings. The molecule has 0 saturated carbocycles. The molecule has 0 aromatic carbocycles. The van der Waals surface area contributed by atoms with Crippen LogP contribution >= 0.6 is 11.3 Å². The Hall–Kier alpha value is -2.88. The molecular formula is C19H24N6O3S. The first-order valence-electron chi connectivity index (χ1n) is 9.36. The van der Waals surface area contributed by atoms with Gasteiger partial charge in [0.15, 0.2) is 5.65 Å². The first kappa shape index (κ1) is 20.8. The second-order valence-electron chi connectivity index (χ2n) is 8.07. The molecular weight excluding hydrogens is 392 g/mol. The molecule has 0 bridgehead atoms. The molecule has 10 heteroatoms. The largest absolute Gasteiger partial charge is 0.329 e. The van der Waals surface area contributed by atoms with Crippen LogP contribution in [0, 0.1) is 0 Å². The zero-order valence-electron chi connectivity index (χ0n) is 17.3. The summed E-state index contributed by atoms with van der Waals surface area (Å²) in [7, 11) is 0. The van der Waals surface area contributed by atoms with Crippen LogP contribution in [0.1, 0.15) is 68.5 Å². The number of aromatic amines is 1. The monoisotopic (exact) mass is 416 g/mol. The van der Waals surface area contributed by atoms with Gasteiger partial charge in [-0.1, -0.05) is 46.0 Å². The van der Waals surface area contributed by atoms with Gasteiger partial charge in [-0.3, -0.25) is 24.5 Å². The summed E-state index contributed by atoms with van der Waals surface area (Å²) in [4.78, 5) is 44.6. The average molecular weight is 417 g/mol. The van der Waals surface area contributed by atoms with E-state index in [9.17, 15) is 14.4 Å². The summed E-state index contributed by atoms with van der Waals surface area (Å²) >= 11 is 1.28. The first-order chi connectivity index (χ1) is 13.5. The minimum absolute atomic E-state index is 0.000307. The van der Waals surface area contributed by atoms with E-state index in [1.807, 2.05) is 34.6 Å². The number of carbonyl (C=O) groups excluding carboxylic acids is 1. The van der Waals surface area contributed by atoms with E-state index in [1.54, 1.807) is 13.0 Å². The van der Waals surface area contributed by atoms with Crippen molar-refractivity contribution < 1.29 is 4.79 Å². The van der Waals surface area contributed by atoms with E-state index in [4.69, 9.17) is 0 Å². The number of nitrogens with zero attached hydrogens (tertiary/aromatic N) is 4. The minimum Gasteiger partial charge on any atom is -0.296 e. The molecule has 0 saturated heterocycles. The van der Waals surface area contributed by atoms with Crippen molar-refractivity contribution in [2.75, 3.05) is 5.32 Å². The summed E-state index contributed by atoms with van der Waals surface area (Å²) in [6.07, 6.45) is 0. The van der Waals surface area contributed by atoms with Crippen LogP contribution in [-0.4, -0.2) is 30.6 Å². The van der Waals surface area contributed by atoms with E-state index >= 15 is 0 Å². The number of amides is 1. The van der Waals surface area contributed by atoms with Gasteiger partial charge < -0.3 is 0 Å². The first-order valence-corrected chi connectivity index (χ1v) is 10.2. The third-order valence-corrected chi connectivity index (χ3v) is 5.67. The normalized spacial score (nSPS) is 12.0. The van der Waals surface area contributed by atoms with E-state index in [2.05, 4.69) is 25.5 Å². The van der Waals surface area contributed by atoms with Gasteiger partial charge >= 0.3 is 5.69 Å². The van der Waals surface area contributed by atoms with Gasteiger partial charge in [-0.25, -0.2) is 9.78 Å². The molecule has 0 fully saturated rings. The zero-order valence-corrected chi connectivity index (χ0v) is 18.1. The molecule has 9 nitrogen and oxygen atoms in total. The van der Waals surface area contributed by atoms with Crippen molar-refractivity contribution in [2.45, 2.75) is 59.4 Å². The van der Waals surface area contributed by atoms with Crippen molar-refractivity contribution in [1.82, 2.24) is 24.7 Å². The Morgan fingerprint density at radius 3 is 2.52 bits per heavy atom. The average Bonchev–Trinajstić information content (AvgIpc) is 3.09. The third-order valence-electron chi connectivity index (χ3n) is 4.41. The number of carbonyl (C=O) groups is 1. The van der Waals surface area contributed by atoms with Crippen molar-refractivity contribution >= 4 is 33.4 Å². The topological polar surface area (TPSA) is 123 Å². The van der Waals surface area contributed by atoms with Crippen molar-refractivity contribution in [2.24, 2.45) is 0 Å². The number of aryl methyl sites for hydroxylation is 1. The predicted molar refractivity (Wildman–Crippen MR) is 113 cm³/mol. The number of rotatable bonds is 4. The van der Waals surface area contributed by atoms with Crippen LogP contribution < -0.4 is 16.6 Å². The molecule has 0 aliphatic rings. The van der Waals surface area contributed by atoms with Gasteiger partial charge in [0.25, 0.3) is 11.5 Å². The number of anilines is 1. The third kappa shape index (κ3) is 3.98. The molecule has 0 spiro atoms. The lowest BCUT2D eigenvalue weighted by atomic mass is 9.98. The van der Waals surface area contributed by atoms with Crippen LogP contribution in [0.5, 0.6) is 0 Å². The lowest BCUT2D eigenvalue weighted by Gasteiger charge is -2.13. The summed E-state index contributed by atoms with van der Waals surface area (Å²) in [5.41, 5.74) is -0.426. The van der Waals surface area contributed by atoms with E-state index in [-0.39, 0.29) is 27.9 Å². The van der Waals surface area contributed by atoms with E-state index in [0.717, 1.165) is 5.01 Å². The maximum atomic E-state index is 13.1. The Balaban J connectivity index is 2.17. The molecule has 0 radical (unpaired) electrons. The lowest BCUT2D eigenvalue weighted by Crippen LogP contribution is -2.32. The van der Waals surface area contributed by atoms with Crippen LogP contribution in [0.25, 0.3) is 11.0 Å². The minimum atomic E-state index is -0.643. The second-order valence-corrected chi connectivity index (χ2v) is 9.05. The standard InChI is InChI=1S/C19H24N6O3S/c1-7-25-13-12(15(27)22-18(25)28)10(8-11(20-13)9(2)3)14(26)21-17-24-23-16(29-17)19(4,5)6/h8-9H,7H2,1-6H3,(H,21,24,26)(H,22,27,28). The lowest BCUT2D eigenvalue weighted by molar-refractivity contribution is 0.102. The quantitative estimate of drug-likeness (QED) is 0.674. The van der Waals surface area contributed by atoms with Crippen LogP contribution in [0.4, 0.5) is 5.13 Å². The Labute approximate surface area is 171 Å². The number of nitrogens with one attached hydrogen (secondary N) is 2. The zero-order chi connectivity index (χ0) is 21.5. The SMILES string of the molecule is CCn1c(=O)[nH]c(=O)c2c(C(=O)Nc3nnc(C(C)(C)C)s3)cc(C(C)C)nc21. The highest BCUT2D eigenvalue weighted by atomic mass is 32.1. The van der Waals surface area contributed by atoms with Crippen molar-refractivity contribution in [3.63, 3.8) is 0 Å². The molecule has 2 N–H and O–H groups in total. The fourth-order valence-corrected chi connectivity index (χ4v) is 3.60. The second kappa shape index (κ2) is 7.51. The highest BCUT2D eigenvalue weighted by molar-refractivity contribution is 7.15. The maximum Gasteiger partial charge on any atom is 0.329 e. The molecule has 0 aliphatic heterocycles. The van der Waals surface area contributed by atoms with Crippen LogP contribution in [-0.2, 0) is 12.0 Å². The van der Waals surface area contributed by atoms with Crippen LogP contribution in [0.3, 0.4) is 0 Å². The van der Waals surface area contributed by atoms with Gasteiger partial charge in [0.2, 0.25) is 5.13 Å². The smallest absolute Gasteiger partial charge is 0.296 e. The number of pyridine rings is 1. The Bertz CT molecular complexity index is 1200. The number of hydrogen-bond acceptors (Lipinski definition) is 7. The van der Waals surface area contributed by atoms with Gasteiger partial charge in [0.1, 0.15) is 5.01 Å². The number of H-pyrrole nitrogens is 1. The van der Waals surface area contributed by atoms with Crippen LogP contribution in [0.2, 0.25) is 0 Å². The maximum absolute atomic E-state index is 13.1. The van der Waals surface area contributed by atoms with Gasteiger partial charge in [0, 0.05) is 17.7 Å². The number of hydrogen-bond donors (Lipinski definition) is 2. The molecule has 3 heterocycles. The van der Waals surface area contributed by atoms with E-state index in [1.165, 1.54) is 15.9 Å². The summed E-state index contributed by atoms with van der Waals surface area (Å²) < 4.78 is 1.35. The van der Waals surface area contributed by atoms with Crippen molar-refractivity contribution in [3.8, 4) is 0 Å². The Morgan fingerprint density at radius 1 is 1.28 bits per heavy atom. The molecule has 29 heavy (non-hydrogen) atoms. The summed E-state index contributed by atoms with van der Waals surface area (Å²) in [5, 5.41) is 12.1. The fraction of sp³-hybridized carbons (Fsp3) is 0.474. The highest BCUT2D eigenvalue weighted by Gasteiger charge is 2.23. The van der Waals surface area contributed by atoms with E-state index < -0.39 is 17.2 Å². The van der Waals surface area contributed by atoms with Gasteiger partial charge in [-0.05, 0) is 18.9 Å². The van der Waals surface area contributed by atoms with Gasteiger partial charge in [-0.2, -0.15) is 0 Å². The van der Waals surface area contributed by atoms with Gasteiger partial charge in [-0.15, -0.1) is 10.2 Å². The fourth-order valence-electron chi connectivity index (χ4n) is 2.80. The number of fused-ring (bicyclic) bond motifs is 1. The number of aromatic nitrogens is 5. The Morgan fingerprint density at radius 2 is 1.97 bits per heavy atom. The van der Waals surface area contributed by atoms with E-state index in [0.29, 0.717) is 17.4 Å². The molecule has 0 unspecified atom stereocenters. The van der Waals surface area contributed by atoms with Crippen molar-refractivity contribution in [3.05, 3.63) is 43.2 Å².